The van der Waals surface area contributed by atoms with Gasteiger partial charge in [-0.05, 0) is 49.4 Å². The van der Waals surface area contributed by atoms with E-state index in [0.29, 0.717) is 41.6 Å². The first-order chi connectivity index (χ1) is 16.4. The van der Waals surface area contributed by atoms with Crippen LogP contribution in [0.3, 0.4) is 0 Å². The van der Waals surface area contributed by atoms with E-state index in [4.69, 9.17) is 18.9 Å². The maximum Gasteiger partial charge on any atom is 0.262 e. The highest BCUT2D eigenvalue weighted by Gasteiger charge is 2.19. The van der Waals surface area contributed by atoms with Crippen LogP contribution in [0, 0.1) is 6.92 Å². The largest absolute Gasteiger partial charge is 0.497 e. The molecule has 1 amide bonds. The van der Waals surface area contributed by atoms with Crippen LogP contribution in [0.15, 0.2) is 59.5 Å². The molecule has 0 atom stereocenters. The van der Waals surface area contributed by atoms with Crippen molar-refractivity contribution in [2.75, 3.05) is 32.2 Å². The van der Waals surface area contributed by atoms with Crippen molar-refractivity contribution in [2.24, 2.45) is 0 Å². The minimum atomic E-state index is -0.334. The lowest BCUT2D eigenvalue weighted by Crippen LogP contribution is -2.26. The summed E-state index contributed by atoms with van der Waals surface area (Å²) in [5.74, 6) is 1.43. The fourth-order valence-corrected chi connectivity index (χ4v) is 3.48. The van der Waals surface area contributed by atoms with Gasteiger partial charge in [-0.1, -0.05) is 0 Å². The molecule has 4 rings (SSSR count). The van der Waals surface area contributed by atoms with Crippen LogP contribution in [0.2, 0.25) is 0 Å². The number of fused-ring (bicyclic) bond motifs is 1. The SMILES string of the molecule is COc1ccc(OCCn2ccc(=O)c(OCC(=O)c3ccc4c(c3)NC(=O)CO4)c2C)cc1. The Balaban J connectivity index is 1.38. The van der Waals surface area contributed by atoms with Crippen molar-refractivity contribution in [3.8, 4) is 23.0 Å². The minimum absolute atomic E-state index is 0.0614. The van der Waals surface area contributed by atoms with Crippen LogP contribution in [0.4, 0.5) is 5.69 Å². The summed E-state index contributed by atoms with van der Waals surface area (Å²) >= 11 is 0. The topological polar surface area (TPSA) is 105 Å². The van der Waals surface area contributed by atoms with Crippen LogP contribution < -0.4 is 29.7 Å². The van der Waals surface area contributed by atoms with Gasteiger partial charge in [0, 0.05) is 17.8 Å². The van der Waals surface area contributed by atoms with Gasteiger partial charge in [-0.25, -0.2) is 0 Å². The number of carbonyl (C=O) groups excluding carboxylic acids is 2. The number of benzene rings is 2. The number of methoxy groups -OCH3 is 1. The Kier molecular flexibility index (Phi) is 6.82. The Morgan fingerprint density at radius 3 is 2.59 bits per heavy atom. The number of amides is 1. The van der Waals surface area contributed by atoms with Crippen molar-refractivity contribution in [1.82, 2.24) is 4.57 Å². The van der Waals surface area contributed by atoms with Crippen LogP contribution >= 0.6 is 0 Å². The fourth-order valence-electron chi connectivity index (χ4n) is 3.48. The van der Waals surface area contributed by atoms with Gasteiger partial charge in [-0.2, -0.15) is 0 Å². The number of ether oxygens (including phenoxy) is 4. The van der Waals surface area contributed by atoms with Crippen LogP contribution in [0.1, 0.15) is 16.1 Å². The van der Waals surface area contributed by atoms with Gasteiger partial charge in [0.2, 0.25) is 5.43 Å². The number of anilines is 1. The van der Waals surface area contributed by atoms with E-state index >= 15 is 0 Å². The Morgan fingerprint density at radius 2 is 1.82 bits per heavy atom. The fraction of sp³-hybridized carbons (Fsp3) is 0.240. The molecule has 0 unspecified atom stereocenters. The molecule has 1 aliphatic heterocycles. The second-order valence-electron chi connectivity index (χ2n) is 7.57. The van der Waals surface area contributed by atoms with E-state index < -0.39 is 0 Å². The number of nitrogens with zero attached hydrogens (tertiary/aromatic N) is 1. The first-order valence-corrected chi connectivity index (χ1v) is 10.6. The third-order valence-electron chi connectivity index (χ3n) is 5.33. The van der Waals surface area contributed by atoms with Gasteiger partial charge < -0.3 is 28.8 Å². The highest BCUT2D eigenvalue weighted by Crippen LogP contribution is 2.28. The number of hydrogen-bond donors (Lipinski definition) is 1. The van der Waals surface area contributed by atoms with Crippen LogP contribution in [-0.4, -0.2) is 43.2 Å². The third kappa shape index (κ3) is 5.20. The van der Waals surface area contributed by atoms with Gasteiger partial charge in [-0.15, -0.1) is 0 Å². The summed E-state index contributed by atoms with van der Waals surface area (Å²) < 4.78 is 23.6. The standard InChI is InChI=1S/C25H24N2O7/c1-16-25(34-14-22(29)17-3-8-23-20(13-17)26-24(30)15-33-23)21(28)9-10-27(16)11-12-32-19-6-4-18(31-2)5-7-19/h3-10,13H,11-12,14-15H2,1-2H3,(H,26,30). The molecular weight excluding hydrogens is 440 g/mol. The molecule has 0 spiro atoms. The average Bonchev–Trinajstić information content (AvgIpc) is 2.85. The highest BCUT2D eigenvalue weighted by atomic mass is 16.5. The summed E-state index contributed by atoms with van der Waals surface area (Å²) in [5, 5.41) is 2.66. The van der Waals surface area contributed by atoms with Gasteiger partial charge in [0.15, 0.2) is 24.7 Å². The molecule has 2 heterocycles. The van der Waals surface area contributed by atoms with Gasteiger partial charge >= 0.3 is 0 Å². The van der Waals surface area contributed by atoms with E-state index in [1.165, 1.54) is 12.1 Å². The Hall–Kier alpha value is -4.27. The molecular formula is C25H24N2O7. The number of Topliss-reactive ketones (excluding diaryl/α,β-unsaturated/α-hetero) is 1. The molecule has 3 aromatic rings. The Labute approximate surface area is 195 Å². The summed E-state index contributed by atoms with van der Waals surface area (Å²) in [6.45, 7) is 2.22. The molecule has 0 radical (unpaired) electrons. The van der Waals surface area contributed by atoms with E-state index in [0.717, 1.165) is 5.75 Å². The van der Waals surface area contributed by atoms with E-state index in [9.17, 15) is 14.4 Å². The molecule has 0 bridgehead atoms. The number of rotatable bonds is 9. The number of pyridine rings is 1. The van der Waals surface area contributed by atoms with Gasteiger partial charge in [0.05, 0.1) is 25.0 Å². The predicted octanol–water partition coefficient (Wildman–Crippen LogP) is 2.84. The third-order valence-corrected chi connectivity index (χ3v) is 5.33. The van der Waals surface area contributed by atoms with E-state index in [-0.39, 0.29) is 36.1 Å². The summed E-state index contributed by atoms with van der Waals surface area (Å²) in [5.41, 5.74) is 1.04. The quantitative estimate of drug-likeness (QED) is 0.486. The molecule has 9 heteroatoms. The molecule has 0 saturated heterocycles. The predicted molar refractivity (Wildman–Crippen MR) is 124 cm³/mol. The maximum atomic E-state index is 12.7. The van der Waals surface area contributed by atoms with Crippen molar-refractivity contribution in [1.29, 1.82) is 0 Å². The molecule has 0 aliphatic carbocycles. The molecule has 34 heavy (non-hydrogen) atoms. The summed E-state index contributed by atoms with van der Waals surface area (Å²) in [6.07, 6.45) is 1.66. The van der Waals surface area contributed by atoms with Crippen molar-refractivity contribution in [3.63, 3.8) is 0 Å². The van der Waals surface area contributed by atoms with E-state index in [1.54, 1.807) is 32.4 Å². The number of aromatic nitrogens is 1. The zero-order chi connectivity index (χ0) is 24.1. The normalized spacial score (nSPS) is 12.2. The molecule has 176 valence electrons. The average molecular weight is 464 g/mol. The van der Waals surface area contributed by atoms with E-state index in [1.807, 2.05) is 28.8 Å². The molecule has 2 aromatic carbocycles. The monoisotopic (exact) mass is 464 g/mol. The van der Waals surface area contributed by atoms with Crippen molar-refractivity contribution < 1.29 is 28.5 Å². The summed E-state index contributed by atoms with van der Waals surface area (Å²) in [6, 6.07) is 13.4. The molecule has 0 saturated carbocycles. The molecule has 0 fully saturated rings. The maximum absolute atomic E-state index is 12.7. The molecule has 1 aromatic heterocycles. The highest BCUT2D eigenvalue weighted by molar-refractivity contribution is 6.01. The number of nitrogens with one attached hydrogen (secondary N) is 1. The number of ketones is 1. The van der Waals surface area contributed by atoms with Gasteiger partial charge in [0.25, 0.3) is 5.91 Å². The van der Waals surface area contributed by atoms with Crippen LogP contribution in [0.25, 0.3) is 0 Å². The van der Waals surface area contributed by atoms with Crippen LogP contribution in [-0.2, 0) is 11.3 Å². The van der Waals surface area contributed by atoms with Gasteiger partial charge in [-0.3, -0.25) is 14.4 Å². The Morgan fingerprint density at radius 1 is 1.06 bits per heavy atom. The smallest absolute Gasteiger partial charge is 0.262 e. The summed E-state index contributed by atoms with van der Waals surface area (Å²) in [4.78, 5) is 36.5. The van der Waals surface area contributed by atoms with Crippen molar-refractivity contribution >= 4 is 17.4 Å². The second kappa shape index (κ2) is 10.1. The lowest BCUT2D eigenvalue weighted by Gasteiger charge is -2.18. The number of hydrogen-bond acceptors (Lipinski definition) is 7. The summed E-state index contributed by atoms with van der Waals surface area (Å²) in [7, 11) is 1.60. The zero-order valence-electron chi connectivity index (χ0n) is 18.8. The van der Waals surface area contributed by atoms with Gasteiger partial charge in [0.1, 0.15) is 23.9 Å². The lowest BCUT2D eigenvalue weighted by molar-refractivity contribution is -0.118. The molecule has 9 nitrogen and oxygen atoms in total. The minimum Gasteiger partial charge on any atom is -0.497 e. The second-order valence-corrected chi connectivity index (χ2v) is 7.57. The van der Waals surface area contributed by atoms with Crippen molar-refractivity contribution in [3.05, 3.63) is 76.2 Å². The Bertz CT molecular complexity index is 1270. The first kappa shape index (κ1) is 22.9. The lowest BCUT2D eigenvalue weighted by atomic mass is 10.1. The molecule has 1 N–H and O–H groups in total. The van der Waals surface area contributed by atoms with Crippen molar-refractivity contribution in [2.45, 2.75) is 13.5 Å². The number of carbonyl (C=O) groups is 2. The molecule has 1 aliphatic rings. The first-order valence-electron chi connectivity index (χ1n) is 10.6. The van der Waals surface area contributed by atoms with E-state index in [2.05, 4.69) is 5.32 Å². The zero-order valence-corrected chi connectivity index (χ0v) is 18.8. The van der Waals surface area contributed by atoms with Crippen LogP contribution in [0.5, 0.6) is 23.0 Å².